The molecule has 2 aliphatic heterocycles. The summed E-state index contributed by atoms with van der Waals surface area (Å²) < 4.78 is 11.4. The number of phenolic OH excluding ortho intramolecular Hbond substituents is 1. The first-order valence-corrected chi connectivity index (χ1v) is 12.5. The number of carbonyl (C=O) groups excluding carboxylic acids is 1. The van der Waals surface area contributed by atoms with Gasteiger partial charge in [-0.05, 0) is 56.6 Å². The van der Waals surface area contributed by atoms with Crippen molar-refractivity contribution in [3.05, 3.63) is 27.7 Å². The largest absolute Gasteiger partial charge is 0.508 e. The number of phenols is 1. The maximum Gasteiger partial charge on any atom is 0.320 e. The number of aliphatic hydroxyl groups is 2. The second-order valence-electron chi connectivity index (χ2n) is 9.54. The maximum atomic E-state index is 12.7. The van der Waals surface area contributed by atoms with Crippen LogP contribution in [0.3, 0.4) is 0 Å². The van der Waals surface area contributed by atoms with Crippen molar-refractivity contribution in [1.29, 1.82) is 0 Å². The number of urea groups is 1. The van der Waals surface area contributed by atoms with Gasteiger partial charge in [-0.1, -0.05) is 23.2 Å². The Balaban J connectivity index is 1.75. The van der Waals surface area contributed by atoms with Crippen molar-refractivity contribution in [2.45, 2.75) is 49.4 Å². The van der Waals surface area contributed by atoms with Crippen LogP contribution in [0.5, 0.6) is 5.75 Å². The van der Waals surface area contributed by atoms with Gasteiger partial charge in [-0.15, -0.1) is 0 Å². The highest BCUT2D eigenvalue weighted by Crippen LogP contribution is 2.45. The zero-order valence-corrected chi connectivity index (χ0v) is 20.6. The predicted molar refractivity (Wildman–Crippen MR) is 125 cm³/mol. The van der Waals surface area contributed by atoms with Crippen LogP contribution < -0.4 is 5.14 Å². The summed E-state index contributed by atoms with van der Waals surface area (Å²) >= 11 is 12.3. The molecule has 1 unspecified atom stereocenters. The first kappa shape index (κ1) is 25.5. The Labute approximate surface area is 200 Å². The topological polar surface area (TPSA) is 127 Å². The summed E-state index contributed by atoms with van der Waals surface area (Å²) in [4.78, 5) is 16.0. The number of nitrogens with zero attached hydrogens (tertiary/aromatic N) is 2. The van der Waals surface area contributed by atoms with E-state index in [-0.39, 0.29) is 48.3 Å². The molecule has 2 saturated heterocycles. The van der Waals surface area contributed by atoms with Crippen molar-refractivity contribution in [2.24, 2.45) is 11.1 Å². The van der Waals surface area contributed by atoms with Gasteiger partial charge in [-0.2, -0.15) is 0 Å². The normalized spacial score (nSPS) is 21.2. The number of likely N-dealkylation sites (tertiary alicyclic amines) is 2. The summed E-state index contributed by atoms with van der Waals surface area (Å²) in [6.07, 6.45) is 1.83. The fourth-order valence-electron chi connectivity index (χ4n) is 4.58. The van der Waals surface area contributed by atoms with Gasteiger partial charge in [0.15, 0.2) is 0 Å². The molecule has 0 radical (unpaired) electrons. The summed E-state index contributed by atoms with van der Waals surface area (Å²) in [7, 11) is -1.57. The van der Waals surface area contributed by atoms with Crippen LogP contribution in [0.1, 0.15) is 44.6 Å². The summed E-state index contributed by atoms with van der Waals surface area (Å²) in [5.41, 5.74) is -0.563. The first-order chi connectivity index (χ1) is 14.9. The molecule has 0 aliphatic carbocycles. The number of hydrogen-bond donors (Lipinski definition) is 4. The number of halogens is 2. The van der Waals surface area contributed by atoms with E-state index in [0.29, 0.717) is 42.9 Å². The first-order valence-electron chi connectivity index (χ1n) is 10.6. The molecule has 11 heteroatoms. The van der Waals surface area contributed by atoms with E-state index in [4.69, 9.17) is 28.3 Å². The van der Waals surface area contributed by atoms with Crippen molar-refractivity contribution in [3.63, 3.8) is 0 Å². The molecule has 0 saturated carbocycles. The third-order valence-corrected chi connectivity index (χ3v) is 8.62. The lowest BCUT2D eigenvalue weighted by Crippen LogP contribution is -2.67. The molecule has 0 aromatic heterocycles. The molecule has 0 bridgehead atoms. The lowest BCUT2D eigenvalue weighted by Gasteiger charge is -2.48. The average Bonchev–Trinajstić information content (AvgIpc) is 2.72. The molecule has 2 atom stereocenters. The van der Waals surface area contributed by atoms with Crippen molar-refractivity contribution in [2.75, 3.05) is 32.8 Å². The Morgan fingerprint density at radius 1 is 1.25 bits per heavy atom. The van der Waals surface area contributed by atoms with Gasteiger partial charge in [-0.3, -0.25) is 5.14 Å². The van der Waals surface area contributed by atoms with Crippen LogP contribution in [0.25, 0.3) is 0 Å². The Kier molecular flexibility index (Phi) is 7.69. The molecule has 2 fully saturated rings. The number of rotatable bonds is 6. The number of nitrogens with two attached hydrogens (primary N) is 1. The Morgan fingerprint density at radius 3 is 2.34 bits per heavy atom. The number of amides is 2. The monoisotopic (exact) mass is 507 g/mol. The van der Waals surface area contributed by atoms with E-state index in [1.807, 2.05) is 13.8 Å². The average molecular weight is 508 g/mol. The zero-order valence-electron chi connectivity index (χ0n) is 18.3. The van der Waals surface area contributed by atoms with Crippen LogP contribution in [-0.2, 0) is 11.0 Å². The lowest BCUT2D eigenvalue weighted by molar-refractivity contribution is -0.111. The van der Waals surface area contributed by atoms with Gasteiger partial charge < -0.3 is 25.1 Å². The highest BCUT2D eigenvalue weighted by atomic mass is 35.5. The molecule has 1 aromatic rings. The van der Waals surface area contributed by atoms with E-state index < -0.39 is 21.3 Å². The van der Waals surface area contributed by atoms with Crippen LogP contribution in [0, 0.1) is 5.92 Å². The van der Waals surface area contributed by atoms with Gasteiger partial charge >= 0.3 is 6.03 Å². The predicted octanol–water partition coefficient (Wildman–Crippen LogP) is 2.44. The molecule has 0 spiro atoms. The van der Waals surface area contributed by atoms with Crippen molar-refractivity contribution in [3.8, 4) is 5.75 Å². The van der Waals surface area contributed by atoms with Crippen LogP contribution in [0.15, 0.2) is 12.1 Å². The number of aromatic hydroxyl groups is 1. The van der Waals surface area contributed by atoms with Gasteiger partial charge in [0.1, 0.15) is 11.4 Å². The molecule has 2 aliphatic rings. The third kappa shape index (κ3) is 5.34. The van der Waals surface area contributed by atoms with Crippen molar-refractivity contribution < 1.29 is 24.3 Å². The quantitative estimate of drug-likeness (QED) is 0.470. The molecule has 32 heavy (non-hydrogen) atoms. The van der Waals surface area contributed by atoms with E-state index >= 15 is 0 Å². The van der Waals surface area contributed by atoms with Crippen LogP contribution >= 0.6 is 23.2 Å². The van der Waals surface area contributed by atoms with E-state index in [2.05, 4.69) is 0 Å². The fourth-order valence-corrected chi connectivity index (χ4v) is 5.26. The van der Waals surface area contributed by atoms with Crippen LogP contribution in [0.2, 0.25) is 10.0 Å². The number of carbonyl (C=O) groups is 1. The number of β-amino-alcohol motifs (C(OH)–C–C–N with tert-alkyl or cyclic N) is 1. The second kappa shape index (κ2) is 9.64. The van der Waals surface area contributed by atoms with Gasteiger partial charge in [0.2, 0.25) is 0 Å². The minimum atomic E-state index is -1.57. The van der Waals surface area contributed by atoms with Crippen molar-refractivity contribution in [1.82, 2.24) is 9.80 Å². The van der Waals surface area contributed by atoms with Gasteiger partial charge in [0, 0.05) is 19.2 Å². The summed E-state index contributed by atoms with van der Waals surface area (Å²) in [5, 5.41) is 36.1. The van der Waals surface area contributed by atoms with Crippen LogP contribution in [0.4, 0.5) is 4.79 Å². The third-order valence-electron chi connectivity index (χ3n) is 6.64. The Hall–Kier alpha value is -1.10. The second-order valence-corrected chi connectivity index (χ2v) is 12.1. The Bertz CT molecular complexity index is 886. The summed E-state index contributed by atoms with van der Waals surface area (Å²) in [6.45, 7) is 4.57. The highest BCUT2D eigenvalue weighted by molar-refractivity contribution is 7.84. The van der Waals surface area contributed by atoms with Crippen LogP contribution in [-0.4, -0.2) is 78.5 Å². The molecule has 2 heterocycles. The summed E-state index contributed by atoms with van der Waals surface area (Å²) in [6, 6.07) is 2.93. The number of piperidine rings is 1. The molecule has 3 rings (SSSR count). The number of aliphatic hydroxyl groups excluding tert-OH is 1. The molecule has 180 valence electrons. The summed E-state index contributed by atoms with van der Waals surface area (Å²) in [5.74, 6) is -0.0332. The molecule has 1 aromatic carbocycles. The fraction of sp³-hybridized carbons (Fsp3) is 0.667. The minimum Gasteiger partial charge on any atom is -0.508 e. The molecular formula is C21H31Cl2N3O5S. The van der Waals surface area contributed by atoms with Gasteiger partial charge in [0.05, 0.1) is 45.5 Å². The van der Waals surface area contributed by atoms with E-state index in [0.717, 1.165) is 0 Å². The maximum absolute atomic E-state index is 12.7. The zero-order chi connectivity index (χ0) is 23.8. The van der Waals surface area contributed by atoms with Crippen molar-refractivity contribution >= 4 is 40.2 Å². The Morgan fingerprint density at radius 2 is 1.81 bits per heavy atom. The highest BCUT2D eigenvalue weighted by Gasteiger charge is 2.45. The van der Waals surface area contributed by atoms with E-state index in [1.54, 1.807) is 11.0 Å². The van der Waals surface area contributed by atoms with E-state index in [1.165, 1.54) is 11.0 Å². The smallest absolute Gasteiger partial charge is 0.320 e. The number of benzene rings is 1. The molecule has 5 N–H and O–H groups in total. The van der Waals surface area contributed by atoms with Gasteiger partial charge in [0.25, 0.3) is 0 Å². The minimum absolute atomic E-state index is 0.0328. The van der Waals surface area contributed by atoms with Gasteiger partial charge in [-0.25, -0.2) is 9.00 Å². The molecule has 8 nitrogen and oxygen atoms in total. The lowest BCUT2D eigenvalue weighted by atomic mass is 9.75. The number of hydrogen-bond acceptors (Lipinski definition) is 5. The SMILES string of the molecule is CC(C)(C[C@@H](c1cc(Cl)c(Cl)cc1O)C1CCN(C(=O)N2CC(O)(CO)C2)CC1)S(N)=O. The molecule has 2 amide bonds. The standard InChI is InChI=1S/C21H31Cl2N3O5S/c1-20(2,32(24)31)9-15(14-7-16(22)17(23)8-18(14)28)13-3-5-25(6-4-13)19(29)26-10-21(30,11-26)12-27/h7-8,13,15,27-28,30H,3-6,9-12,24H2,1-2H3/t15-,32?/m1/s1. The van der Waals surface area contributed by atoms with E-state index in [9.17, 15) is 24.3 Å². The molecular weight excluding hydrogens is 477 g/mol.